The van der Waals surface area contributed by atoms with Crippen molar-refractivity contribution in [1.82, 2.24) is 4.98 Å². The van der Waals surface area contributed by atoms with Gasteiger partial charge in [-0.05, 0) is 19.1 Å². The Morgan fingerprint density at radius 1 is 1.50 bits per heavy atom. The van der Waals surface area contributed by atoms with Gasteiger partial charge in [0, 0.05) is 17.8 Å². The molecule has 0 fully saturated rings. The molecule has 18 heavy (non-hydrogen) atoms. The fraction of sp³-hybridized carbons (Fsp3) is 0.250. The van der Waals surface area contributed by atoms with Crippen molar-refractivity contribution in [2.75, 3.05) is 13.7 Å². The number of ether oxygens (including phenoxy) is 2. The highest BCUT2D eigenvalue weighted by molar-refractivity contribution is 6.31. The second kappa shape index (κ2) is 6.76. The summed E-state index contributed by atoms with van der Waals surface area (Å²) in [6.45, 7) is 2.00. The molecule has 0 N–H and O–H groups in total. The first-order valence-corrected chi connectivity index (χ1v) is 5.55. The van der Waals surface area contributed by atoms with Gasteiger partial charge in [0.05, 0.1) is 19.3 Å². The van der Waals surface area contributed by atoms with Gasteiger partial charge in [-0.3, -0.25) is 0 Å². The Hall–Kier alpha value is -1.88. The molecule has 0 saturated heterocycles. The highest BCUT2D eigenvalue weighted by Gasteiger charge is 2.08. The predicted octanol–water partition coefficient (Wildman–Crippen LogP) is 2.10. The summed E-state index contributed by atoms with van der Waals surface area (Å²) in [4.78, 5) is 26.3. The van der Waals surface area contributed by atoms with E-state index in [1.807, 2.05) is 0 Å². The van der Waals surface area contributed by atoms with Gasteiger partial charge in [-0.2, -0.15) is 0 Å². The van der Waals surface area contributed by atoms with Crippen LogP contribution in [0.5, 0.6) is 0 Å². The first kappa shape index (κ1) is 14.2. The molecule has 0 atom stereocenters. The lowest BCUT2D eigenvalue weighted by Crippen LogP contribution is -2.03. The van der Waals surface area contributed by atoms with Crippen LogP contribution in [-0.2, 0) is 14.3 Å². The molecule has 1 aromatic rings. The van der Waals surface area contributed by atoms with Crippen LogP contribution in [0.15, 0.2) is 18.3 Å². The average Bonchev–Trinajstić information content (AvgIpc) is 2.37. The molecule has 0 bridgehead atoms. The Labute approximate surface area is 109 Å². The van der Waals surface area contributed by atoms with Crippen molar-refractivity contribution in [3.8, 4) is 0 Å². The number of pyridine rings is 1. The summed E-state index contributed by atoms with van der Waals surface area (Å²) in [7, 11) is 1.27. The van der Waals surface area contributed by atoms with E-state index in [9.17, 15) is 9.59 Å². The molecule has 0 amide bonds. The lowest BCUT2D eigenvalue weighted by molar-refractivity contribution is -0.137. The van der Waals surface area contributed by atoms with Crippen molar-refractivity contribution in [2.24, 2.45) is 0 Å². The zero-order chi connectivity index (χ0) is 13.5. The molecule has 0 aliphatic carbocycles. The van der Waals surface area contributed by atoms with Crippen LogP contribution in [0.2, 0.25) is 5.15 Å². The fourth-order valence-electron chi connectivity index (χ4n) is 1.16. The smallest absolute Gasteiger partial charge is 0.339 e. The van der Waals surface area contributed by atoms with Crippen LogP contribution in [0, 0.1) is 0 Å². The number of esters is 2. The third-order valence-corrected chi connectivity index (χ3v) is 2.29. The molecule has 1 rings (SSSR count). The van der Waals surface area contributed by atoms with E-state index in [2.05, 4.69) is 9.72 Å². The summed E-state index contributed by atoms with van der Waals surface area (Å²) in [6.07, 6.45) is 3.95. The minimum atomic E-state index is -0.523. The van der Waals surface area contributed by atoms with Crippen LogP contribution in [0.25, 0.3) is 6.08 Å². The third kappa shape index (κ3) is 3.85. The Kier molecular flexibility index (Phi) is 5.32. The van der Waals surface area contributed by atoms with E-state index >= 15 is 0 Å². The number of carbonyl (C=O) groups excluding carboxylic acids is 2. The number of aromatic nitrogens is 1. The van der Waals surface area contributed by atoms with E-state index in [1.54, 1.807) is 6.92 Å². The molecule has 0 radical (unpaired) electrons. The number of rotatable bonds is 4. The zero-order valence-corrected chi connectivity index (χ0v) is 10.7. The van der Waals surface area contributed by atoms with Gasteiger partial charge in [-0.15, -0.1) is 0 Å². The minimum Gasteiger partial charge on any atom is -0.465 e. The normalized spacial score (nSPS) is 10.4. The van der Waals surface area contributed by atoms with Crippen LogP contribution in [0.3, 0.4) is 0 Å². The molecule has 6 heteroatoms. The number of carbonyl (C=O) groups is 2. The van der Waals surface area contributed by atoms with Crippen molar-refractivity contribution in [1.29, 1.82) is 0 Å². The van der Waals surface area contributed by atoms with E-state index in [-0.39, 0.29) is 17.3 Å². The van der Waals surface area contributed by atoms with Gasteiger partial charge in [-0.25, -0.2) is 14.6 Å². The van der Waals surface area contributed by atoms with Crippen molar-refractivity contribution in [2.45, 2.75) is 6.92 Å². The number of hydrogen-bond donors (Lipinski definition) is 0. The van der Waals surface area contributed by atoms with Gasteiger partial charge < -0.3 is 9.47 Å². The molecule has 5 nitrogen and oxygen atoms in total. The third-order valence-electron chi connectivity index (χ3n) is 1.97. The molecule has 0 aliphatic heterocycles. The van der Waals surface area contributed by atoms with Crippen LogP contribution in [0.4, 0.5) is 0 Å². The van der Waals surface area contributed by atoms with E-state index < -0.39 is 11.9 Å². The number of halogens is 1. The van der Waals surface area contributed by atoms with Crippen LogP contribution in [0.1, 0.15) is 22.8 Å². The summed E-state index contributed by atoms with van der Waals surface area (Å²) in [5.41, 5.74) is 0.693. The molecule has 0 aliphatic rings. The van der Waals surface area contributed by atoms with Crippen LogP contribution >= 0.6 is 11.6 Å². The second-order valence-corrected chi connectivity index (χ2v) is 3.54. The van der Waals surface area contributed by atoms with Crippen molar-refractivity contribution < 1.29 is 19.1 Å². The summed E-state index contributed by atoms with van der Waals surface area (Å²) in [6, 6.07) is 1.48. The van der Waals surface area contributed by atoms with E-state index in [0.29, 0.717) is 5.56 Å². The van der Waals surface area contributed by atoms with Gasteiger partial charge in [0.15, 0.2) is 0 Å². The van der Waals surface area contributed by atoms with Crippen molar-refractivity contribution in [3.05, 3.63) is 34.6 Å². The molecule has 1 aromatic heterocycles. The molecular weight excluding hydrogens is 258 g/mol. The Bertz CT molecular complexity index is 485. The van der Waals surface area contributed by atoms with Gasteiger partial charge >= 0.3 is 11.9 Å². The maximum Gasteiger partial charge on any atom is 0.339 e. The highest BCUT2D eigenvalue weighted by atomic mass is 35.5. The molecular formula is C12H12ClNO4. The van der Waals surface area contributed by atoms with Crippen molar-refractivity contribution in [3.63, 3.8) is 0 Å². The molecule has 1 heterocycles. The zero-order valence-electron chi connectivity index (χ0n) is 9.97. The largest absolute Gasteiger partial charge is 0.465 e. The van der Waals surface area contributed by atoms with E-state index in [1.165, 1.54) is 31.5 Å². The number of methoxy groups -OCH3 is 1. The molecule has 0 spiro atoms. The Morgan fingerprint density at radius 2 is 2.22 bits per heavy atom. The second-order valence-electron chi connectivity index (χ2n) is 3.18. The standard InChI is InChI=1S/C12H12ClNO4/c1-3-18-10(15)5-4-8-6-9(12(16)17-2)7-14-11(8)13/h4-7H,3H2,1-2H3. The predicted molar refractivity (Wildman–Crippen MR) is 66.3 cm³/mol. The van der Waals surface area contributed by atoms with Crippen molar-refractivity contribution >= 4 is 29.6 Å². The van der Waals surface area contributed by atoms with Gasteiger partial charge in [0.2, 0.25) is 0 Å². The number of hydrogen-bond acceptors (Lipinski definition) is 5. The Morgan fingerprint density at radius 3 is 2.83 bits per heavy atom. The van der Waals surface area contributed by atoms with Gasteiger partial charge in [-0.1, -0.05) is 11.6 Å². The average molecular weight is 270 g/mol. The maximum absolute atomic E-state index is 11.3. The fourth-order valence-corrected chi connectivity index (χ4v) is 1.33. The monoisotopic (exact) mass is 269 g/mol. The maximum atomic E-state index is 11.3. The molecule has 96 valence electrons. The Balaban J connectivity index is 2.94. The SMILES string of the molecule is CCOC(=O)C=Cc1cc(C(=O)OC)cnc1Cl. The van der Waals surface area contributed by atoms with Gasteiger partial charge in [0.1, 0.15) is 5.15 Å². The summed E-state index contributed by atoms with van der Waals surface area (Å²) in [5.74, 6) is -1.01. The van der Waals surface area contributed by atoms with Gasteiger partial charge in [0.25, 0.3) is 0 Å². The molecule has 0 unspecified atom stereocenters. The highest BCUT2D eigenvalue weighted by Crippen LogP contribution is 2.16. The summed E-state index contributed by atoms with van der Waals surface area (Å²) < 4.78 is 9.28. The minimum absolute atomic E-state index is 0.184. The summed E-state index contributed by atoms with van der Waals surface area (Å²) in [5, 5.41) is 0.184. The lowest BCUT2D eigenvalue weighted by atomic mass is 10.2. The lowest BCUT2D eigenvalue weighted by Gasteiger charge is -2.02. The summed E-state index contributed by atoms with van der Waals surface area (Å²) >= 11 is 5.84. The van der Waals surface area contributed by atoms with E-state index in [4.69, 9.17) is 16.3 Å². The van der Waals surface area contributed by atoms with Crippen LogP contribution in [-0.4, -0.2) is 30.6 Å². The molecule has 0 aromatic carbocycles. The first-order chi connectivity index (χ1) is 8.58. The number of nitrogens with zero attached hydrogens (tertiary/aromatic N) is 1. The first-order valence-electron chi connectivity index (χ1n) is 5.17. The quantitative estimate of drug-likeness (QED) is 0.476. The molecule has 0 saturated carbocycles. The van der Waals surface area contributed by atoms with Crippen LogP contribution < -0.4 is 0 Å². The van der Waals surface area contributed by atoms with E-state index in [0.717, 1.165) is 0 Å². The topological polar surface area (TPSA) is 65.5 Å².